The Kier molecular flexibility index (Phi) is 5.29. The monoisotopic (exact) mass is 375 g/mol. The van der Waals surface area contributed by atoms with Gasteiger partial charge in [-0.2, -0.15) is 0 Å². The molecule has 0 atom stereocenters. The van der Waals surface area contributed by atoms with Crippen LogP contribution in [0, 0.1) is 12.7 Å². The van der Waals surface area contributed by atoms with E-state index >= 15 is 0 Å². The van der Waals surface area contributed by atoms with Crippen LogP contribution in [0.5, 0.6) is 0 Å². The first-order valence-electron chi connectivity index (χ1n) is 7.92. The Bertz CT molecular complexity index is 973. The molecule has 0 bridgehead atoms. The van der Waals surface area contributed by atoms with Crippen molar-refractivity contribution < 1.29 is 12.8 Å². The standard InChI is InChI=1S/C17H18FN5O2S/c1-13-21-16(12-17(22-13)23-10-2-3-11-23)19-8-9-20-26(24,25)15-6-4-14(18)5-7-15/h2-7,10-12,20H,8-9H2,1H3,(H,19,21,22). The number of sulfonamides is 1. The molecule has 3 rings (SSSR count). The van der Waals surface area contributed by atoms with Gasteiger partial charge in [-0.3, -0.25) is 0 Å². The minimum atomic E-state index is -3.68. The van der Waals surface area contributed by atoms with Crippen LogP contribution in [0.25, 0.3) is 5.82 Å². The van der Waals surface area contributed by atoms with Gasteiger partial charge in [0.05, 0.1) is 4.90 Å². The molecule has 0 aliphatic rings. The van der Waals surface area contributed by atoms with Crippen LogP contribution in [0.1, 0.15) is 5.82 Å². The Hall–Kier alpha value is -2.78. The minimum absolute atomic E-state index is 0.0201. The average Bonchev–Trinajstić information content (AvgIpc) is 3.13. The van der Waals surface area contributed by atoms with Crippen LogP contribution in [0.3, 0.4) is 0 Å². The molecule has 2 heterocycles. The van der Waals surface area contributed by atoms with E-state index in [9.17, 15) is 12.8 Å². The van der Waals surface area contributed by atoms with Crippen molar-refractivity contribution in [1.82, 2.24) is 19.3 Å². The number of benzene rings is 1. The number of halogens is 1. The van der Waals surface area contributed by atoms with Gasteiger partial charge >= 0.3 is 0 Å². The van der Waals surface area contributed by atoms with Crippen LogP contribution >= 0.6 is 0 Å². The number of hydrogen-bond donors (Lipinski definition) is 2. The Morgan fingerprint density at radius 1 is 1.08 bits per heavy atom. The van der Waals surface area contributed by atoms with Crippen molar-refractivity contribution in [2.24, 2.45) is 0 Å². The molecule has 3 aromatic rings. The molecule has 1 aromatic carbocycles. The molecule has 2 N–H and O–H groups in total. The van der Waals surface area contributed by atoms with Gasteiger partial charge in [-0.05, 0) is 43.3 Å². The van der Waals surface area contributed by atoms with Gasteiger partial charge in [0.2, 0.25) is 10.0 Å². The summed E-state index contributed by atoms with van der Waals surface area (Å²) in [4.78, 5) is 8.67. The second-order valence-corrected chi connectivity index (χ2v) is 7.29. The van der Waals surface area contributed by atoms with Crippen LogP contribution in [0.15, 0.2) is 59.8 Å². The second-order valence-electron chi connectivity index (χ2n) is 5.53. The maximum absolute atomic E-state index is 12.9. The predicted molar refractivity (Wildman–Crippen MR) is 96.2 cm³/mol. The zero-order chi connectivity index (χ0) is 18.6. The van der Waals surface area contributed by atoms with E-state index in [1.165, 1.54) is 12.1 Å². The molecule has 9 heteroatoms. The summed E-state index contributed by atoms with van der Waals surface area (Å²) in [6, 6.07) is 10.2. The second kappa shape index (κ2) is 7.63. The molecule has 0 amide bonds. The number of nitrogens with one attached hydrogen (secondary N) is 2. The molecule has 0 aliphatic carbocycles. The van der Waals surface area contributed by atoms with Crippen molar-refractivity contribution in [3.05, 3.63) is 66.5 Å². The zero-order valence-corrected chi connectivity index (χ0v) is 14.9. The van der Waals surface area contributed by atoms with E-state index in [-0.39, 0.29) is 11.4 Å². The minimum Gasteiger partial charge on any atom is -0.369 e. The third-order valence-corrected chi connectivity index (χ3v) is 5.02. The van der Waals surface area contributed by atoms with E-state index in [1.807, 2.05) is 29.1 Å². The number of nitrogens with zero attached hydrogens (tertiary/aromatic N) is 3. The predicted octanol–water partition coefficient (Wildman–Crippen LogP) is 2.11. The molecule has 2 aromatic heterocycles. The summed E-state index contributed by atoms with van der Waals surface area (Å²) >= 11 is 0. The largest absolute Gasteiger partial charge is 0.369 e. The lowest BCUT2D eigenvalue weighted by Gasteiger charge is -2.10. The van der Waals surface area contributed by atoms with Gasteiger partial charge in [-0.1, -0.05) is 0 Å². The van der Waals surface area contributed by atoms with Crippen molar-refractivity contribution in [3.63, 3.8) is 0 Å². The third-order valence-electron chi connectivity index (χ3n) is 3.54. The summed E-state index contributed by atoms with van der Waals surface area (Å²) in [5.74, 6) is 1.44. The summed E-state index contributed by atoms with van der Waals surface area (Å²) < 4.78 is 41.5. The maximum Gasteiger partial charge on any atom is 0.240 e. The summed E-state index contributed by atoms with van der Waals surface area (Å²) in [6.45, 7) is 2.28. The highest BCUT2D eigenvalue weighted by Gasteiger charge is 2.13. The molecule has 0 aliphatic heterocycles. The van der Waals surface area contributed by atoms with E-state index in [2.05, 4.69) is 20.0 Å². The van der Waals surface area contributed by atoms with Crippen LogP contribution in [0.2, 0.25) is 0 Å². The first kappa shape index (κ1) is 18.0. The quantitative estimate of drug-likeness (QED) is 0.618. The molecular formula is C17H18FN5O2S. The average molecular weight is 375 g/mol. The molecule has 0 spiro atoms. The van der Waals surface area contributed by atoms with Crippen molar-refractivity contribution in [2.75, 3.05) is 18.4 Å². The lowest BCUT2D eigenvalue weighted by atomic mass is 10.4. The van der Waals surface area contributed by atoms with E-state index in [0.29, 0.717) is 18.2 Å². The van der Waals surface area contributed by atoms with Crippen molar-refractivity contribution in [2.45, 2.75) is 11.8 Å². The first-order valence-corrected chi connectivity index (χ1v) is 9.40. The Labute approximate surface area is 151 Å². The van der Waals surface area contributed by atoms with Gasteiger partial charge in [0, 0.05) is 31.5 Å². The molecule has 0 saturated carbocycles. The number of aromatic nitrogens is 3. The molecule has 7 nitrogen and oxygen atoms in total. The van der Waals surface area contributed by atoms with E-state index in [1.54, 1.807) is 13.0 Å². The highest BCUT2D eigenvalue weighted by atomic mass is 32.2. The Balaban J connectivity index is 1.59. The third kappa shape index (κ3) is 4.44. The number of anilines is 1. The van der Waals surface area contributed by atoms with Gasteiger partial charge in [0.25, 0.3) is 0 Å². The Morgan fingerprint density at radius 2 is 1.77 bits per heavy atom. The van der Waals surface area contributed by atoms with Crippen LogP contribution < -0.4 is 10.0 Å². The fourth-order valence-electron chi connectivity index (χ4n) is 2.34. The van der Waals surface area contributed by atoms with Crippen molar-refractivity contribution in [3.8, 4) is 5.82 Å². The number of aryl methyl sites for hydroxylation is 1. The summed E-state index contributed by atoms with van der Waals surface area (Å²) in [7, 11) is -3.68. The molecule has 0 fully saturated rings. The smallest absolute Gasteiger partial charge is 0.240 e. The van der Waals surface area contributed by atoms with E-state index in [0.717, 1.165) is 18.0 Å². The number of rotatable bonds is 7. The van der Waals surface area contributed by atoms with Crippen LogP contribution in [-0.2, 0) is 10.0 Å². The molecule has 136 valence electrons. The molecular weight excluding hydrogens is 357 g/mol. The normalized spacial score (nSPS) is 11.5. The topological polar surface area (TPSA) is 88.9 Å². The summed E-state index contributed by atoms with van der Waals surface area (Å²) in [5, 5.41) is 3.07. The summed E-state index contributed by atoms with van der Waals surface area (Å²) in [5.41, 5.74) is 0. The van der Waals surface area contributed by atoms with Gasteiger partial charge in [-0.25, -0.2) is 27.5 Å². The fourth-order valence-corrected chi connectivity index (χ4v) is 3.37. The Morgan fingerprint density at radius 3 is 2.46 bits per heavy atom. The maximum atomic E-state index is 12.9. The zero-order valence-electron chi connectivity index (χ0n) is 14.1. The van der Waals surface area contributed by atoms with Crippen LogP contribution in [0.4, 0.5) is 10.2 Å². The van der Waals surface area contributed by atoms with Gasteiger partial charge < -0.3 is 9.88 Å². The van der Waals surface area contributed by atoms with Crippen molar-refractivity contribution >= 4 is 15.8 Å². The lowest BCUT2D eigenvalue weighted by molar-refractivity contribution is 0.582. The van der Waals surface area contributed by atoms with Crippen molar-refractivity contribution in [1.29, 1.82) is 0 Å². The lowest BCUT2D eigenvalue weighted by Crippen LogP contribution is -2.29. The molecule has 26 heavy (non-hydrogen) atoms. The highest BCUT2D eigenvalue weighted by Crippen LogP contribution is 2.12. The van der Waals surface area contributed by atoms with E-state index < -0.39 is 15.8 Å². The number of hydrogen-bond acceptors (Lipinski definition) is 5. The van der Waals surface area contributed by atoms with E-state index in [4.69, 9.17) is 0 Å². The van der Waals surface area contributed by atoms with Gasteiger partial charge in [0.1, 0.15) is 23.3 Å². The summed E-state index contributed by atoms with van der Waals surface area (Å²) in [6.07, 6.45) is 3.75. The highest BCUT2D eigenvalue weighted by molar-refractivity contribution is 7.89. The van der Waals surface area contributed by atoms with Gasteiger partial charge in [0.15, 0.2) is 0 Å². The fraction of sp³-hybridized carbons (Fsp3) is 0.176. The molecule has 0 saturated heterocycles. The van der Waals surface area contributed by atoms with Crippen LogP contribution in [-0.4, -0.2) is 36.0 Å². The SMILES string of the molecule is Cc1nc(NCCNS(=O)(=O)c2ccc(F)cc2)cc(-n2cccc2)n1. The first-order chi connectivity index (χ1) is 12.4. The van der Waals surface area contributed by atoms with Gasteiger partial charge in [-0.15, -0.1) is 0 Å². The molecule has 0 radical (unpaired) electrons. The molecule has 0 unspecified atom stereocenters.